The van der Waals surface area contributed by atoms with E-state index in [0.29, 0.717) is 12.2 Å². The largest absolute Gasteiger partial charge is 0.494 e. The van der Waals surface area contributed by atoms with Crippen molar-refractivity contribution >= 4 is 17.5 Å². The highest BCUT2D eigenvalue weighted by molar-refractivity contribution is 6.01. The molecular formula is C15H19FN2O3. The van der Waals surface area contributed by atoms with E-state index in [0.717, 1.165) is 5.56 Å². The van der Waals surface area contributed by atoms with E-state index < -0.39 is 17.8 Å². The van der Waals surface area contributed by atoms with Crippen LogP contribution in [0.3, 0.4) is 0 Å². The number of ether oxygens (including phenoxy) is 1. The van der Waals surface area contributed by atoms with Crippen molar-refractivity contribution in [1.82, 2.24) is 5.32 Å². The number of benzene rings is 1. The van der Waals surface area contributed by atoms with E-state index in [2.05, 4.69) is 10.6 Å². The molecule has 114 valence electrons. The number of halogens is 1. The molecule has 0 aromatic heterocycles. The molecule has 1 unspecified atom stereocenters. The molecule has 0 aliphatic carbocycles. The molecule has 1 heterocycles. The summed E-state index contributed by atoms with van der Waals surface area (Å²) in [6.07, 6.45) is 0.566. The van der Waals surface area contributed by atoms with Crippen molar-refractivity contribution in [3.8, 4) is 5.75 Å². The highest BCUT2D eigenvalue weighted by Crippen LogP contribution is 2.33. The van der Waals surface area contributed by atoms with Gasteiger partial charge in [0, 0.05) is 6.42 Å². The Morgan fingerprint density at radius 1 is 1.38 bits per heavy atom. The van der Waals surface area contributed by atoms with Crippen molar-refractivity contribution in [2.24, 2.45) is 0 Å². The minimum absolute atomic E-state index is 0.149. The molecule has 2 rings (SSSR count). The van der Waals surface area contributed by atoms with Crippen LogP contribution in [0.5, 0.6) is 5.75 Å². The third-order valence-electron chi connectivity index (χ3n) is 3.52. The molecule has 2 N–H and O–H groups in total. The summed E-state index contributed by atoms with van der Waals surface area (Å²) in [5.74, 6) is -0.703. The van der Waals surface area contributed by atoms with E-state index in [1.165, 1.54) is 13.2 Å². The molecule has 1 aromatic rings. The van der Waals surface area contributed by atoms with Crippen LogP contribution in [-0.2, 0) is 9.59 Å². The quantitative estimate of drug-likeness (QED) is 0.835. The number of piperidine rings is 1. The Hall–Kier alpha value is -2.11. The molecule has 1 fully saturated rings. The number of amides is 2. The van der Waals surface area contributed by atoms with Gasteiger partial charge in [-0.3, -0.25) is 14.9 Å². The van der Waals surface area contributed by atoms with Gasteiger partial charge in [-0.2, -0.15) is 0 Å². The van der Waals surface area contributed by atoms with Crippen LogP contribution < -0.4 is 15.4 Å². The van der Waals surface area contributed by atoms with Gasteiger partial charge < -0.3 is 10.1 Å². The third kappa shape index (κ3) is 3.32. The second-order valence-electron chi connectivity index (χ2n) is 5.38. The van der Waals surface area contributed by atoms with Crippen LogP contribution in [0.1, 0.15) is 38.2 Å². The summed E-state index contributed by atoms with van der Waals surface area (Å²) < 4.78 is 19.5. The monoisotopic (exact) mass is 294 g/mol. The van der Waals surface area contributed by atoms with Crippen LogP contribution in [0.2, 0.25) is 0 Å². The molecule has 1 aliphatic heterocycles. The van der Waals surface area contributed by atoms with Crippen LogP contribution in [0.4, 0.5) is 10.1 Å². The number of nitrogens with one attached hydrogen (secondary N) is 2. The lowest BCUT2D eigenvalue weighted by Crippen LogP contribution is -2.47. The summed E-state index contributed by atoms with van der Waals surface area (Å²) in [6.45, 7) is 3.92. The standard InChI is InChI=1S/C15H19FN2O3/c1-8(2)9-6-10(16)14(12(7-9)21-3)17-11-4-5-13(19)18-15(11)20/h6-8,11,17H,4-5H2,1-3H3,(H,18,19,20). The van der Waals surface area contributed by atoms with Gasteiger partial charge in [-0.05, 0) is 30.0 Å². The molecule has 2 amide bonds. The second-order valence-corrected chi connectivity index (χ2v) is 5.38. The average molecular weight is 294 g/mol. The van der Waals surface area contributed by atoms with Gasteiger partial charge >= 0.3 is 0 Å². The molecule has 6 heteroatoms. The lowest BCUT2D eigenvalue weighted by atomic mass is 10.0. The first-order chi connectivity index (χ1) is 9.92. The summed E-state index contributed by atoms with van der Waals surface area (Å²) in [7, 11) is 1.45. The van der Waals surface area contributed by atoms with Crippen LogP contribution in [0, 0.1) is 5.82 Å². The maximum absolute atomic E-state index is 14.3. The number of hydrogen-bond donors (Lipinski definition) is 2. The first kappa shape index (κ1) is 15.3. The summed E-state index contributed by atoms with van der Waals surface area (Å²) >= 11 is 0. The predicted molar refractivity (Wildman–Crippen MR) is 76.8 cm³/mol. The summed E-state index contributed by atoms with van der Waals surface area (Å²) in [5, 5.41) is 5.07. The zero-order valence-corrected chi connectivity index (χ0v) is 12.3. The number of hydrogen-bond acceptors (Lipinski definition) is 4. The van der Waals surface area contributed by atoms with Gasteiger partial charge in [-0.25, -0.2) is 4.39 Å². The normalized spacial score (nSPS) is 18.6. The first-order valence-corrected chi connectivity index (χ1v) is 6.90. The molecule has 5 nitrogen and oxygen atoms in total. The van der Waals surface area contributed by atoms with Crippen molar-refractivity contribution in [3.63, 3.8) is 0 Å². The number of methoxy groups -OCH3 is 1. The lowest BCUT2D eigenvalue weighted by Gasteiger charge is -2.24. The first-order valence-electron chi connectivity index (χ1n) is 6.90. The van der Waals surface area contributed by atoms with Crippen LogP contribution >= 0.6 is 0 Å². The molecule has 1 aromatic carbocycles. The number of imide groups is 1. The van der Waals surface area contributed by atoms with E-state index in [1.54, 1.807) is 6.07 Å². The van der Waals surface area contributed by atoms with E-state index in [9.17, 15) is 14.0 Å². The van der Waals surface area contributed by atoms with Gasteiger partial charge in [0.15, 0.2) is 0 Å². The van der Waals surface area contributed by atoms with Crippen LogP contribution in [0.15, 0.2) is 12.1 Å². The Labute approximate surface area is 122 Å². The number of carbonyl (C=O) groups is 2. The third-order valence-corrected chi connectivity index (χ3v) is 3.52. The topological polar surface area (TPSA) is 67.4 Å². The van der Waals surface area contributed by atoms with E-state index >= 15 is 0 Å². The number of rotatable bonds is 4. The Balaban J connectivity index is 2.27. The van der Waals surface area contributed by atoms with Crippen LogP contribution in [0.25, 0.3) is 0 Å². The molecule has 0 radical (unpaired) electrons. The highest BCUT2D eigenvalue weighted by atomic mass is 19.1. The SMILES string of the molecule is COc1cc(C(C)C)cc(F)c1NC1CCC(=O)NC1=O. The summed E-state index contributed by atoms with van der Waals surface area (Å²) in [6, 6.07) is 2.54. The van der Waals surface area contributed by atoms with Gasteiger partial charge in [-0.1, -0.05) is 13.8 Å². The zero-order valence-electron chi connectivity index (χ0n) is 12.3. The van der Waals surface area contributed by atoms with E-state index in [4.69, 9.17) is 4.74 Å². The summed E-state index contributed by atoms with van der Waals surface area (Å²) in [4.78, 5) is 22.9. The molecule has 1 atom stereocenters. The van der Waals surface area contributed by atoms with Crippen molar-refractivity contribution < 1.29 is 18.7 Å². The fourth-order valence-electron chi connectivity index (χ4n) is 2.24. The Kier molecular flexibility index (Phi) is 4.45. The Morgan fingerprint density at radius 3 is 2.67 bits per heavy atom. The van der Waals surface area contributed by atoms with Crippen molar-refractivity contribution in [3.05, 3.63) is 23.5 Å². The minimum Gasteiger partial charge on any atom is -0.494 e. The van der Waals surface area contributed by atoms with Crippen molar-refractivity contribution in [2.75, 3.05) is 12.4 Å². The van der Waals surface area contributed by atoms with Crippen LogP contribution in [-0.4, -0.2) is 25.0 Å². The Bertz CT molecular complexity index is 572. The lowest BCUT2D eigenvalue weighted by molar-refractivity contribution is -0.133. The van der Waals surface area contributed by atoms with Gasteiger partial charge in [0.2, 0.25) is 11.8 Å². The molecule has 0 spiro atoms. The molecule has 21 heavy (non-hydrogen) atoms. The van der Waals surface area contributed by atoms with E-state index in [-0.39, 0.29) is 23.9 Å². The molecule has 0 bridgehead atoms. The average Bonchev–Trinajstić information content (AvgIpc) is 2.42. The van der Waals surface area contributed by atoms with E-state index in [1.807, 2.05) is 13.8 Å². The molecule has 0 saturated carbocycles. The van der Waals surface area contributed by atoms with Gasteiger partial charge in [0.05, 0.1) is 7.11 Å². The molecule has 1 aliphatic rings. The minimum atomic E-state index is -0.643. The maximum atomic E-state index is 14.3. The summed E-state index contributed by atoms with van der Waals surface area (Å²) in [5.41, 5.74) is 0.967. The Morgan fingerprint density at radius 2 is 2.10 bits per heavy atom. The van der Waals surface area contributed by atoms with Crippen molar-refractivity contribution in [1.29, 1.82) is 0 Å². The van der Waals surface area contributed by atoms with Crippen molar-refractivity contribution in [2.45, 2.75) is 38.6 Å². The van der Waals surface area contributed by atoms with Gasteiger partial charge in [-0.15, -0.1) is 0 Å². The fourth-order valence-corrected chi connectivity index (χ4v) is 2.24. The van der Waals surface area contributed by atoms with Gasteiger partial charge in [0.1, 0.15) is 23.3 Å². The molecule has 1 saturated heterocycles. The van der Waals surface area contributed by atoms with Gasteiger partial charge in [0.25, 0.3) is 0 Å². The molecular weight excluding hydrogens is 275 g/mol. The second kappa shape index (κ2) is 6.11. The highest BCUT2D eigenvalue weighted by Gasteiger charge is 2.28. The smallest absolute Gasteiger partial charge is 0.249 e. The maximum Gasteiger partial charge on any atom is 0.249 e. The zero-order chi connectivity index (χ0) is 15.6. The predicted octanol–water partition coefficient (Wildman–Crippen LogP) is 2.17. The number of anilines is 1. The number of carbonyl (C=O) groups excluding carboxylic acids is 2. The fraction of sp³-hybridized carbons (Fsp3) is 0.467.